The van der Waals surface area contributed by atoms with E-state index in [1.807, 2.05) is 13.0 Å². The molecule has 0 spiro atoms. The summed E-state index contributed by atoms with van der Waals surface area (Å²) in [6.45, 7) is 4.27. The lowest BCUT2D eigenvalue weighted by molar-refractivity contribution is 0.470. The van der Waals surface area contributed by atoms with Crippen molar-refractivity contribution in [2.75, 3.05) is 0 Å². The maximum absolute atomic E-state index is 9.55. The summed E-state index contributed by atoms with van der Waals surface area (Å²) in [5.41, 5.74) is 2.36. The molecule has 1 aromatic carbocycles. The van der Waals surface area contributed by atoms with Crippen LogP contribution in [0.25, 0.3) is 0 Å². The molecule has 0 fully saturated rings. The molecule has 0 unspecified atom stereocenters. The van der Waals surface area contributed by atoms with Crippen LogP contribution < -0.4 is 0 Å². The van der Waals surface area contributed by atoms with Crippen LogP contribution in [-0.4, -0.2) is 5.11 Å². The van der Waals surface area contributed by atoms with E-state index in [1.54, 1.807) is 0 Å². The highest BCUT2D eigenvalue weighted by Gasteiger charge is 1.99. The molecule has 0 aliphatic carbocycles. The van der Waals surface area contributed by atoms with Crippen LogP contribution in [0.15, 0.2) is 18.2 Å². The van der Waals surface area contributed by atoms with Gasteiger partial charge in [-0.1, -0.05) is 109 Å². The number of benzene rings is 1. The van der Waals surface area contributed by atoms with Gasteiger partial charge >= 0.3 is 0 Å². The van der Waals surface area contributed by atoms with Crippen LogP contribution >= 0.6 is 0 Å². The van der Waals surface area contributed by atoms with Gasteiger partial charge in [0.25, 0.3) is 0 Å². The second-order valence-electron chi connectivity index (χ2n) is 7.82. The zero-order chi connectivity index (χ0) is 18.2. The van der Waals surface area contributed by atoms with Crippen molar-refractivity contribution in [1.29, 1.82) is 0 Å². The third-order valence-corrected chi connectivity index (χ3v) is 5.33. The first-order valence-electron chi connectivity index (χ1n) is 11.0. The molecule has 1 heteroatoms. The predicted octanol–water partition coefficient (Wildman–Crippen LogP) is 8.11. The quantitative estimate of drug-likeness (QED) is 0.300. The van der Waals surface area contributed by atoms with E-state index in [1.165, 1.54) is 102 Å². The molecule has 0 radical (unpaired) electrons. The Balaban J connectivity index is 1.81. The number of unbranched alkanes of at least 4 members (excludes halogenated alkanes) is 14. The number of hydrogen-bond donors (Lipinski definition) is 1. The highest BCUT2D eigenvalue weighted by atomic mass is 16.3. The third kappa shape index (κ3) is 12.1. The zero-order valence-corrected chi connectivity index (χ0v) is 17.0. The van der Waals surface area contributed by atoms with Gasteiger partial charge in [-0.2, -0.15) is 0 Å². The summed E-state index contributed by atoms with van der Waals surface area (Å²) in [7, 11) is 0. The molecule has 1 nitrogen and oxygen atoms in total. The van der Waals surface area contributed by atoms with Crippen LogP contribution in [0.4, 0.5) is 0 Å². The molecule has 1 N–H and O–H groups in total. The summed E-state index contributed by atoms with van der Waals surface area (Å²) < 4.78 is 0. The van der Waals surface area contributed by atoms with E-state index in [0.717, 1.165) is 12.0 Å². The normalized spacial score (nSPS) is 11.1. The lowest BCUT2D eigenvalue weighted by Gasteiger charge is -2.05. The summed E-state index contributed by atoms with van der Waals surface area (Å²) >= 11 is 0. The van der Waals surface area contributed by atoms with Gasteiger partial charge in [-0.15, -0.1) is 0 Å². The van der Waals surface area contributed by atoms with Gasteiger partial charge < -0.3 is 5.11 Å². The molecule has 144 valence electrons. The van der Waals surface area contributed by atoms with E-state index in [-0.39, 0.29) is 0 Å². The van der Waals surface area contributed by atoms with Gasteiger partial charge in [-0.3, -0.25) is 0 Å². The highest BCUT2D eigenvalue weighted by Crippen LogP contribution is 2.19. The zero-order valence-electron chi connectivity index (χ0n) is 17.0. The van der Waals surface area contributed by atoms with Gasteiger partial charge in [0.15, 0.2) is 0 Å². The molecule has 0 aliphatic heterocycles. The molecular formula is C24H42O. The Morgan fingerprint density at radius 3 is 1.52 bits per heavy atom. The Kier molecular flexibility index (Phi) is 13.5. The molecule has 25 heavy (non-hydrogen) atoms. The first kappa shape index (κ1) is 22.1. The number of phenols is 1. The van der Waals surface area contributed by atoms with Gasteiger partial charge in [0, 0.05) is 0 Å². The van der Waals surface area contributed by atoms with Crippen molar-refractivity contribution in [1.82, 2.24) is 0 Å². The average molecular weight is 347 g/mol. The maximum Gasteiger partial charge on any atom is 0.118 e. The Labute approximate surface area is 157 Å². The Morgan fingerprint density at radius 2 is 1.08 bits per heavy atom. The molecule has 0 aliphatic rings. The number of phenolic OH excluding ortho intramolecular Hbond substituents is 1. The lowest BCUT2D eigenvalue weighted by Crippen LogP contribution is -1.88. The predicted molar refractivity (Wildman–Crippen MR) is 111 cm³/mol. The molecule has 0 heterocycles. The molecule has 1 rings (SSSR count). The molecule has 0 aromatic heterocycles. The summed E-state index contributed by atoms with van der Waals surface area (Å²) in [4.78, 5) is 0. The van der Waals surface area contributed by atoms with Crippen molar-refractivity contribution in [3.63, 3.8) is 0 Å². The SMILES string of the molecule is CCCCCCCCCCCCCCCCCc1ccc(O)c(C)c1. The largest absolute Gasteiger partial charge is 0.508 e. The van der Waals surface area contributed by atoms with Crippen LogP contribution in [0.2, 0.25) is 0 Å². The first-order chi connectivity index (χ1) is 12.2. The van der Waals surface area contributed by atoms with Gasteiger partial charge in [0.05, 0.1) is 0 Å². The van der Waals surface area contributed by atoms with E-state index in [4.69, 9.17) is 0 Å². The van der Waals surface area contributed by atoms with Crippen molar-refractivity contribution >= 4 is 0 Å². The second-order valence-corrected chi connectivity index (χ2v) is 7.82. The summed E-state index contributed by atoms with van der Waals surface area (Å²) in [5.74, 6) is 0.417. The van der Waals surface area contributed by atoms with E-state index in [9.17, 15) is 5.11 Å². The third-order valence-electron chi connectivity index (χ3n) is 5.33. The topological polar surface area (TPSA) is 20.2 Å². The number of aromatic hydroxyl groups is 1. The van der Waals surface area contributed by atoms with Gasteiger partial charge in [-0.25, -0.2) is 0 Å². The standard InChI is InChI=1S/C24H42O/c1-3-4-5-6-7-8-9-10-11-12-13-14-15-16-17-18-23-19-20-24(25)22(2)21-23/h19-21,25H,3-18H2,1-2H3. The van der Waals surface area contributed by atoms with E-state index in [2.05, 4.69) is 19.1 Å². The monoisotopic (exact) mass is 346 g/mol. The van der Waals surface area contributed by atoms with Crippen molar-refractivity contribution in [2.24, 2.45) is 0 Å². The lowest BCUT2D eigenvalue weighted by atomic mass is 10.0. The molecule has 0 atom stereocenters. The van der Waals surface area contributed by atoms with Gasteiger partial charge in [0.1, 0.15) is 5.75 Å². The first-order valence-corrected chi connectivity index (χ1v) is 11.0. The smallest absolute Gasteiger partial charge is 0.118 e. The Morgan fingerprint density at radius 1 is 0.640 bits per heavy atom. The van der Waals surface area contributed by atoms with Crippen LogP contribution in [0, 0.1) is 6.92 Å². The molecule has 0 saturated heterocycles. The highest BCUT2D eigenvalue weighted by molar-refractivity contribution is 5.34. The van der Waals surface area contributed by atoms with Crippen molar-refractivity contribution in [3.05, 3.63) is 29.3 Å². The van der Waals surface area contributed by atoms with Crippen molar-refractivity contribution in [3.8, 4) is 5.75 Å². The van der Waals surface area contributed by atoms with Crippen LogP contribution in [0.3, 0.4) is 0 Å². The van der Waals surface area contributed by atoms with Crippen molar-refractivity contribution in [2.45, 2.75) is 117 Å². The minimum atomic E-state index is 0.417. The Bertz CT molecular complexity index is 424. The molecule has 0 bridgehead atoms. The minimum Gasteiger partial charge on any atom is -0.508 e. The minimum absolute atomic E-state index is 0.417. The van der Waals surface area contributed by atoms with E-state index < -0.39 is 0 Å². The molecule has 0 saturated carbocycles. The molecule has 1 aromatic rings. The molecular weight excluding hydrogens is 304 g/mol. The van der Waals surface area contributed by atoms with Crippen molar-refractivity contribution < 1.29 is 5.11 Å². The van der Waals surface area contributed by atoms with Gasteiger partial charge in [0.2, 0.25) is 0 Å². The van der Waals surface area contributed by atoms with Crippen LogP contribution in [-0.2, 0) is 6.42 Å². The summed E-state index contributed by atoms with van der Waals surface area (Å²) in [6.07, 6.45) is 22.4. The van der Waals surface area contributed by atoms with Crippen LogP contribution in [0.1, 0.15) is 114 Å². The van der Waals surface area contributed by atoms with E-state index >= 15 is 0 Å². The fourth-order valence-electron chi connectivity index (χ4n) is 3.57. The second kappa shape index (κ2) is 15.3. The average Bonchev–Trinajstić information content (AvgIpc) is 2.61. The van der Waals surface area contributed by atoms with E-state index in [0.29, 0.717) is 5.75 Å². The Hall–Kier alpha value is -0.980. The summed E-state index contributed by atoms with van der Waals surface area (Å²) in [6, 6.07) is 6.02. The summed E-state index contributed by atoms with van der Waals surface area (Å²) in [5, 5.41) is 9.55. The maximum atomic E-state index is 9.55. The fourth-order valence-corrected chi connectivity index (χ4v) is 3.57. The fraction of sp³-hybridized carbons (Fsp3) is 0.750. The van der Waals surface area contributed by atoms with Gasteiger partial charge in [-0.05, 0) is 37.0 Å². The number of hydrogen-bond acceptors (Lipinski definition) is 1. The number of aryl methyl sites for hydroxylation is 2. The molecule has 0 amide bonds. The number of rotatable bonds is 16. The van der Waals surface area contributed by atoms with Crippen LogP contribution in [0.5, 0.6) is 5.75 Å².